The lowest BCUT2D eigenvalue weighted by Gasteiger charge is -2.21. The molecule has 3 unspecified atom stereocenters. The number of esters is 4. The zero-order chi connectivity index (χ0) is 68.6. The van der Waals surface area contributed by atoms with Crippen molar-refractivity contribution in [1.82, 2.24) is 0 Å². The maximum Gasteiger partial charge on any atom is 0.472 e. The van der Waals surface area contributed by atoms with Crippen LogP contribution in [0.5, 0.6) is 0 Å². The molecule has 552 valence electrons. The van der Waals surface area contributed by atoms with Crippen LogP contribution in [0, 0.1) is 11.8 Å². The molecule has 0 aliphatic rings. The molecule has 0 heterocycles. The van der Waals surface area contributed by atoms with Gasteiger partial charge in [-0.2, -0.15) is 0 Å². The third-order valence-electron chi connectivity index (χ3n) is 17.6. The van der Waals surface area contributed by atoms with Crippen LogP contribution < -0.4 is 0 Å². The summed E-state index contributed by atoms with van der Waals surface area (Å²) in [6, 6.07) is 0. The van der Waals surface area contributed by atoms with Crippen LogP contribution in [0.25, 0.3) is 0 Å². The summed E-state index contributed by atoms with van der Waals surface area (Å²) >= 11 is 0. The molecule has 19 heteroatoms. The van der Waals surface area contributed by atoms with Gasteiger partial charge in [0.1, 0.15) is 19.3 Å². The van der Waals surface area contributed by atoms with Crippen LogP contribution in [0.3, 0.4) is 0 Å². The van der Waals surface area contributed by atoms with Crippen LogP contribution in [0.2, 0.25) is 0 Å². The van der Waals surface area contributed by atoms with E-state index in [4.69, 9.17) is 37.0 Å². The van der Waals surface area contributed by atoms with Gasteiger partial charge in [-0.25, -0.2) is 9.13 Å². The highest BCUT2D eigenvalue weighted by molar-refractivity contribution is 7.47. The molecule has 17 nitrogen and oxygen atoms in total. The lowest BCUT2D eigenvalue weighted by molar-refractivity contribution is -0.161. The molecule has 3 N–H and O–H groups in total. The van der Waals surface area contributed by atoms with Crippen LogP contribution in [-0.4, -0.2) is 96.7 Å². The van der Waals surface area contributed by atoms with Crippen LogP contribution in [0.4, 0.5) is 0 Å². The molecule has 0 saturated heterocycles. The number of hydrogen-bond donors (Lipinski definition) is 3. The summed E-state index contributed by atoms with van der Waals surface area (Å²) in [5, 5.41) is 10.6. The first kappa shape index (κ1) is 91.1. The average molecular weight is 1370 g/mol. The summed E-state index contributed by atoms with van der Waals surface area (Å²) in [5.74, 6) is -0.527. The Morgan fingerprint density at radius 3 is 0.817 bits per heavy atom. The van der Waals surface area contributed by atoms with Gasteiger partial charge in [-0.15, -0.1) is 0 Å². The number of unbranched alkanes of at least 4 members (excludes halogenated alkanes) is 42. The Morgan fingerprint density at radius 1 is 0.312 bits per heavy atom. The van der Waals surface area contributed by atoms with Crippen LogP contribution >= 0.6 is 15.6 Å². The molecule has 0 radical (unpaired) electrons. The molecule has 0 saturated carbocycles. The molecule has 0 aromatic carbocycles. The van der Waals surface area contributed by atoms with E-state index in [2.05, 4.69) is 41.5 Å². The van der Waals surface area contributed by atoms with E-state index in [9.17, 15) is 43.2 Å². The largest absolute Gasteiger partial charge is 0.472 e. The second-order valence-electron chi connectivity index (χ2n) is 27.4. The Kier molecular flexibility index (Phi) is 64.6. The van der Waals surface area contributed by atoms with Gasteiger partial charge in [-0.05, 0) is 37.5 Å². The number of carbonyl (C=O) groups is 4. The first-order valence-corrected chi connectivity index (χ1v) is 41.5. The molecule has 0 aromatic rings. The Hall–Kier alpha value is -1.94. The summed E-state index contributed by atoms with van der Waals surface area (Å²) < 4.78 is 68.4. The van der Waals surface area contributed by atoms with E-state index in [1.165, 1.54) is 199 Å². The van der Waals surface area contributed by atoms with Crippen molar-refractivity contribution in [3.63, 3.8) is 0 Å². The molecule has 0 spiro atoms. The number of hydrogen-bond acceptors (Lipinski definition) is 15. The van der Waals surface area contributed by atoms with Gasteiger partial charge < -0.3 is 33.8 Å². The highest BCUT2D eigenvalue weighted by atomic mass is 31.2. The van der Waals surface area contributed by atoms with Crippen molar-refractivity contribution in [2.24, 2.45) is 11.8 Å². The number of phosphoric acid groups is 2. The van der Waals surface area contributed by atoms with Gasteiger partial charge in [0.25, 0.3) is 0 Å². The minimum Gasteiger partial charge on any atom is -0.462 e. The van der Waals surface area contributed by atoms with Crippen LogP contribution in [0.1, 0.15) is 382 Å². The van der Waals surface area contributed by atoms with E-state index >= 15 is 0 Å². The van der Waals surface area contributed by atoms with Crippen LogP contribution in [0.15, 0.2) is 0 Å². The van der Waals surface area contributed by atoms with E-state index in [0.717, 1.165) is 102 Å². The maximum atomic E-state index is 13.1. The van der Waals surface area contributed by atoms with Crippen molar-refractivity contribution in [3.8, 4) is 0 Å². The smallest absolute Gasteiger partial charge is 0.462 e. The number of phosphoric ester groups is 2. The van der Waals surface area contributed by atoms with E-state index in [1.807, 2.05) is 0 Å². The SMILES string of the molecule is CCCCCCCCCCCCCCC(=O)O[C@H](COC(=O)CCCCCCCCCCCCC)COP(=O)(O)OC[C@H](O)COP(=O)(O)OC[C@@H](COC(=O)CCCCCCCCCCCC(C)C)OC(=O)CCCCCCCCCCCCCCCCC(C)CC. The lowest BCUT2D eigenvalue weighted by Crippen LogP contribution is -2.30. The Labute approximate surface area is 568 Å². The fourth-order valence-corrected chi connectivity index (χ4v) is 12.8. The third-order valence-corrected chi connectivity index (χ3v) is 19.5. The van der Waals surface area contributed by atoms with Crippen molar-refractivity contribution < 1.29 is 80.2 Å². The lowest BCUT2D eigenvalue weighted by atomic mass is 9.99. The van der Waals surface area contributed by atoms with Crippen molar-refractivity contribution in [2.75, 3.05) is 39.6 Å². The molecule has 0 rings (SSSR count). The molecule has 0 aliphatic carbocycles. The molecule has 0 aliphatic heterocycles. The number of aliphatic hydroxyl groups excluding tert-OH is 1. The van der Waals surface area contributed by atoms with Gasteiger partial charge >= 0.3 is 39.5 Å². The summed E-state index contributed by atoms with van der Waals surface area (Å²) in [6.45, 7) is 9.62. The van der Waals surface area contributed by atoms with Gasteiger partial charge in [0.05, 0.1) is 26.4 Å². The molecule has 0 fully saturated rings. The number of ether oxygens (including phenoxy) is 4. The summed E-state index contributed by atoms with van der Waals surface area (Å²) in [7, 11) is -9.91. The predicted octanol–water partition coefficient (Wildman–Crippen LogP) is 21.6. The van der Waals surface area contributed by atoms with E-state index in [-0.39, 0.29) is 25.7 Å². The Morgan fingerprint density at radius 2 is 0.548 bits per heavy atom. The third kappa shape index (κ3) is 67.0. The van der Waals surface area contributed by atoms with Crippen molar-refractivity contribution in [1.29, 1.82) is 0 Å². The van der Waals surface area contributed by atoms with E-state index in [1.54, 1.807) is 0 Å². The maximum absolute atomic E-state index is 13.1. The van der Waals surface area contributed by atoms with Gasteiger partial charge in [-0.3, -0.25) is 37.3 Å². The zero-order valence-corrected chi connectivity index (χ0v) is 62.3. The zero-order valence-electron chi connectivity index (χ0n) is 60.6. The summed E-state index contributed by atoms with van der Waals surface area (Å²) in [4.78, 5) is 72.7. The summed E-state index contributed by atoms with van der Waals surface area (Å²) in [5.41, 5.74) is 0. The minimum absolute atomic E-state index is 0.107. The predicted molar refractivity (Wildman–Crippen MR) is 377 cm³/mol. The van der Waals surface area contributed by atoms with Gasteiger partial charge in [-0.1, -0.05) is 330 Å². The van der Waals surface area contributed by atoms with E-state index in [0.29, 0.717) is 25.7 Å². The molecule has 0 aromatic heterocycles. The average Bonchev–Trinajstić information content (AvgIpc) is 2.09. The normalized spacial score (nSPS) is 14.3. The summed E-state index contributed by atoms with van der Waals surface area (Å²) in [6.07, 6.45) is 52.5. The van der Waals surface area contributed by atoms with Gasteiger partial charge in [0, 0.05) is 25.7 Å². The fourth-order valence-electron chi connectivity index (χ4n) is 11.3. The molecular weight excluding hydrogens is 1220 g/mol. The quantitative estimate of drug-likeness (QED) is 0.0222. The second-order valence-corrected chi connectivity index (χ2v) is 30.3. The molecular formula is C74H144O17P2. The van der Waals surface area contributed by atoms with E-state index < -0.39 is 97.5 Å². The number of aliphatic hydroxyl groups is 1. The standard InChI is InChI=1S/C74H144O17P2/c1-7-10-12-14-16-18-20-27-33-40-46-52-58-73(78)90-69(62-84-71(76)56-50-44-38-32-25-19-17-15-13-11-8-2)64-88-92(80,81)86-60-68(75)61-87-93(82,83)89-65-70(63-85-72(77)57-51-45-39-35-29-30-36-42-48-54-66(4)5)91-74(79)59-53-47-41-34-28-24-22-21-23-26-31-37-43-49-55-67(6)9-3/h66-70,75H,7-65H2,1-6H3,(H,80,81)(H,82,83)/t67?,68-,69+,70+/m0/s1. The monoisotopic (exact) mass is 1370 g/mol. The minimum atomic E-state index is -4.95. The Bertz CT molecular complexity index is 1810. The Balaban J connectivity index is 5.24. The van der Waals surface area contributed by atoms with Crippen molar-refractivity contribution in [2.45, 2.75) is 400 Å². The van der Waals surface area contributed by atoms with Crippen LogP contribution in [-0.2, 0) is 65.4 Å². The number of rotatable bonds is 73. The highest BCUT2D eigenvalue weighted by Crippen LogP contribution is 2.45. The first-order valence-electron chi connectivity index (χ1n) is 38.5. The topological polar surface area (TPSA) is 237 Å². The first-order chi connectivity index (χ1) is 44.9. The van der Waals surface area contributed by atoms with Gasteiger partial charge in [0.15, 0.2) is 12.2 Å². The molecule has 6 atom stereocenters. The molecule has 93 heavy (non-hydrogen) atoms. The van der Waals surface area contributed by atoms with Gasteiger partial charge in [0.2, 0.25) is 0 Å². The van der Waals surface area contributed by atoms with Crippen molar-refractivity contribution >= 4 is 39.5 Å². The fraction of sp³-hybridized carbons (Fsp3) is 0.946. The highest BCUT2D eigenvalue weighted by Gasteiger charge is 2.30. The second kappa shape index (κ2) is 66.0. The molecule has 0 bridgehead atoms. The number of carbonyl (C=O) groups excluding carboxylic acids is 4. The van der Waals surface area contributed by atoms with Crippen molar-refractivity contribution in [3.05, 3.63) is 0 Å². The molecule has 0 amide bonds.